The first-order chi connectivity index (χ1) is 9.08. The zero-order valence-electron chi connectivity index (χ0n) is 10.3. The molecule has 102 valence electrons. The molecular weight excluding hydrogens is 255 g/mol. The van der Waals surface area contributed by atoms with E-state index in [2.05, 4.69) is 0 Å². The number of hydrogen-bond acceptors (Lipinski definition) is 1. The molecule has 5 heteroatoms. The van der Waals surface area contributed by atoms with Crippen LogP contribution in [0.5, 0.6) is 0 Å². The van der Waals surface area contributed by atoms with Crippen molar-refractivity contribution in [3.8, 4) is 0 Å². The second-order valence-electron chi connectivity index (χ2n) is 5.24. The highest BCUT2D eigenvalue weighted by atomic mass is 19.2. The number of amides is 1. The number of rotatable bonds is 1. The van der Waals surface area contributed by atoms with Gasteiger partial charge in [-0.25, -0.2) is 13.2 Å². The van der Waals surface area contributed by atoms with Crippen LogP contribution in [0, 0.1) is 17.5 Å². The van der Waals surface area contributed by atoms with Crippen LogP contribution in [0.2, 0.25) is 0 Å². The molecule has 2 heterocycles. The third kappa shape index (κ3) is 2.01. The van der Waals surface area contributed by atoms with Gasteiger partial charge in [0.25, 0.3) is 0 Å². The lowest BCUT2D eigenvalue weighted by molar-refractivity contribution is -0.136. The first-order valence-corrected chi connectivity index (χ1v) is 6.53. The average Bonchev–Trinajstić information content (AvgIpc) is 2.80. The molecule has 1 aromatic carbocycles. The molecule has 0 aromatic heterocycles. The van der Waals surface area contributed by atoms with E-state index in [1.807, 2.05) is 0 Å². The predicted molar refractivity (Wildman–Crippen MR) is 62.8 cm³/mol. The topological polar surface area (TPSA) is 20.3 Å². The summed E-state index contributed by atoms with van der Waals surface area (Å²) in [5.74, 6) is -3.81. The van der Waals surface area contributed by atoms with Crippen molar-refractivity contribution >= 4 is 5.91 Å². The van der Waals surface area contributed by atoms with Crippen molar-refractivity contribution in [2.45, 2.75) is 44.2 Å². The minimum Gasteiger partial charge on any atom is -0.333 e. The van der Waals surface area contributed by atoms with Gasteiger partial charge in [0, 0.05) is 12.5 Å². The number of halogens is 3. The Morgan fingerprint density at radius 2 is 1.74 bits per heavy atom. The molecule has 0 unspecified atom stereocenters. The fourth-order valence-corrected chi connectivity index (χ4v) is 3.26. The number of piperidine rings is 1. The van der Waals surface area contributed by atoms with Gasteiger partial charge in [-0.15, -0.1) is 0 Å². The number of benzene rings is 1. The minimum atomic E-state index is -1.46. The Morgan fingerprint density at radius 3 is 2.42 bits per heavy atom. The molecule has 2 aliphatic heterocycles. The van der Waals surface area contributed by atoms with Gasteiger partial charge in [-0.3, -0.25) is 4.79 Å². The maximum atomic E-state index is 13.3. The smallest absolute Gasteiger partial charge is 0.223 e. The van der Waals surface area contributed by atoms with E-state index >= 15 is 0 Å². The number of carbonyl (C=O) groups excluding carboxylic acids is 1. The molecule has 1 amide bonds. The van der Waals surface area contributed by atoms with Crippen molar-refractivity contribution in [2.24, 2.45) is 0 Å². The Kier molecular flexibility index (Phi) is 2.99. The van der Waals surface area contributed by atoms with Crippen molar-refractivity contribution in [1.82, 2.24) is 4.90 Å². The third-order valence-corrected chi connectivity index (χ3v) is 4.11. The molecule has 2 atom stereocenters. The van der Waals surface area contributed by atoms with E-state index in [1.54, 1.807) is 4.90 Å². The Hall–Kier alpha value is -1.52. The molecule has 2 nitrogen and oxygen atoms in total. The first-order valence-electron chi connectivity index (χ1n) is 6.53. The molecule has 2 fully saturated rings. The van der Waals surface area contributed by atoms with Crippen LogP contribution in [0.1, 0.15) is 43.7 Å². The van der Waals surface area contributed by atoms with Gasteiger partial charge in [0.1, 0.15) is 0 Å². The third-order valence-electron chi connectivity index (χ3n) is 4.11. The van der Waals surface area contributed by atoms with Gasteiger partial charge in [-0.05, 0) is 43.4 Å². The lowest BCUT2D eigenvalue weighted by atomic mass is 10.0. The van der Waals surface area contributed by atoms with Crippen molar-refractivity contribution in [2.75, 3.05) is 0 Å². The highest BCUT2D eigenvalue weighted by Gasteiger charge is 2.39. The Labute approximate surface area is 109 Å². The van der Waals surface area contributed by atoms with Crippen molar-refractivity contribution in [1.29, 1.82) is 0 Å². The molecule has 1 aromatic rings. The van der Waals surface area contributed by atoms with Gasteiger partial charge in [0.15, 0.2) is 17.5 Å². The Morgan fingerprint density at radius 1 is 1.05 bits per heavy atom. The molecule has 19 heavy (non-hydrogen) atoms. The molecule has 0 aliphatic carbocycles. The maximum absolute atomic E-state index is 13.3. The van der Waals surface area contributed by atoms with Crippen LogP contribution in [0.4, 0.5) is 13.2 Å². The van der Waals surface area contributed by atoms with Crippen LogP contribution in [-0.2, 0) is 4.79 Å². The highest BCUT2D eigenvalue weighted by Crippen LogP contribution is 2.41. The van der Waals surface area contributed by atoms with Crippen LogP contribution in [0.25, 0.3) is 0 Å². The van der Waals surface area contributed by atoms with E-state index in [0.717, 1.165) is 31.4 Å². The summed E-state index contributed by atoms with van der Waals surface area (Å²) in [6.45, 7) is 0. The molecule has 0 bridgehead atoms. The summed E-state index contributed by atoms with van der Waals surface area (Å²) in [4.78, 5) is 13.7. The van der Waals surface area contributed by atoms with Gasteiger partial charge < -0.3 is 4.90 Å². The van der Waals surface area contributed by atoms with Crippen LogP contribution >= 0.6 is 0 Å². The summed E-state index contributed by atoms with van der Waals surface area (Å²) in [5.41, 5.74) is 0.356. The average molecular weight is 269 g/mol. The summed E-state index contributed by atoms with van der Waals surface area (Å²) >= 11 is 0. The van der Waals surface area contributed by atoms with E-state index in [0.29, 0.717) is 18.4 Å². The predicted octanol–water partition coefficient (Wildman–Crippen LogP) is 3.32. The molecule has 0 spiro atoms. The largest absolute Gasteiger partial charge is 0.333 e. The molecule has 0 saturated carbocycles. The summed E-state index contributed by atoms with van der Waals surface area (Å²) in [7, 11) is 0. The van der Waals surface area contributed by atoms with Crippen molar-refractivity contribution in [3.63, 3.8) is 0 Å². The van der Waals surface area contributed by atoms with Gasteiger partial charge in [-0.1, -0.05) is 0 Å². The van der Waals surface area contributed by atoms with Crippen LogP contribution in [0.15, 0.2) is 12.1 Å². The molecule has 2 aliphatic rings. The van der Waals surface area contributed by atoms with Gasteiger partial charge in [0.05, 0.1) is 6.04 Å². The first kappa shape index (κ1) is 12.5. The summed E-state index contributed by atoms with van der Waals surface area (Å²) in [6, 6.07) is 1.87. The van der Waals surface area contributed by atoms with Gasteiger partial charge in [0.2, 0.25) is 5.91 Å². The normalized spacial score (nSPS) is 26.7. The molecular formula is C14H14F3NO. The minimum absolute atomic E-state index is 0.0314. The molecule has 0 radical (unpaired) electrons. The quantitative estimate of drug-likeness (QED) is 0.716. The van der Waals surface area contributed by atoms with E-state index in [4.69, 9.17) is 0 Å². The van der Waals surface area contributed by atoms with Crippen LogP contribution < -0.4 is 0 Å². The SMILES string of the molecule is O=C1CCC[C@@H]2CC[C@@H](c3cc(F)c(F)c(F)c3)N12. The maximum Gasteiger partial charge on any atom is 0.223 e. The fourth-order valence-electron chi connectivity index (χ4n) is 3.26. The Bertz CT molecular complexity index is 508. The number of hydrogen-bond donors (Lipinski definition) is 0. The monoisotopic (exact) mass is 269 g/mol. The summed E-state index contributed by atoms with van der Waals surface area (Å²) < 4.78 is 39.6. The van der Waals surface area contributed by atoms with Crippen molar-refractivity contribution < 1.29 is 18.0 Å². The van der Waals surface area contributed by atoms with E-state index < -0.39 is 17.5 Å². The molecule has 2 saturated heterocycles. The second kappa shape index (κ2) is 4.54. The number of nitrogens with zero attached hydrogens (tertiary/aromatic N) is 1. The van der Waals surface area contributed by atoms with E-state index in [-0.39, 0.29) is 18.0 Å². The summed E-state index contributed by atoms with van der Waals surface area (Å²) in [6.07, 6.45) is 3.82. The Balaban J connectivity index is 1.96. The lowest BCUT2D eigenvalue weighted by Gasteiger charge is -2.34. The van der Waals surface area contributed by atoms with Gasteiger partial charge >= 0.3 is 0 Å². The summed E-state index contributed by atoms with van der Waals surface area (Å²) in [5, 5.41) is 0. The van der Waals surface area contributed by atoms with E-state index in [9.17, 15) is 18.0 Å². The standard InChI is InChI=1S/C14H14F3NO/c15-10-6-8(7-11(16)14(10)17)12-5-4-9-2-1-3-13(19)18(9)12/h6-7,9,12H,1-5H2/t9-,12+/m1/s1. The van der Waals surface area contributed by atoms with Crippen molar-refractivity contribution in [3.05, 3.63) is 35.1 Å². The molecule has 0 N–H and O–H groups in total. The van der Waals surface area contributed by atoms with Crippen LogP contribution in [-0.4, -0.2) is 16.8 Å². The number of fused-ring (bicyclic) bond motifs is 1. The zero-order valence-corrected chi connectivity index (χ0v) is 10.3. The lowest BCUT2D eigenvalue weighted by Crippen LogP contribution is -2.40. The second-order valence-corrected chi connectivity index (χ2v) is 5.24. The highest BCUT2D eigenvalue weighted by molar-refractivity contribution is 5.78. The fraction of sp³-hybridized carbons (Fsp3) is 0.500. The molecule has 3 rings (SSSR count). The van der Waals surface area contributed by atoms with Crippen LogP contribution in [0.3, 0.4) is 0 Å². The van der Waals surface area contributed by atoms with E-state index in [1.165, 1.54) is 0 Å². The number of carbonyl (C=O) groups is 1. The van der Waals surface area contributed by atoms with Gasteiger partial charge in [-0.2, -0.15) is 0 Å². The zero-order chi connectivity index (χ0) is 13.6.